The normalized spacial score (nSPS) is 14.9. The molecule has 1 aromatic heterocycles. The van der Waals surface area contributed by atoms with Crippen LogP contribution in [0.1, 0.15) is 9.67 Å². The van der Waals surface area contributed by atoms with E-state index in [1.54, 1.807) is 0 Å². The van der Waals surface area contributed by atoms with Crippen molar-refractivity contribution in [2.24, 2.45) is 5.73 Å². The number of primary amides is 1. The van der Waals surface area contributed by atoms with Gasteiger partial charge >= 0.3 is 0 Å². The molecule has 1 fully saturated rings. The molecule has 0 atom stereocenters. The van der Waals surface area contributed by atoms with Gasteiger partial charge in [-0.15, -0.1) is 11.3 Å². The first-order valence-electron chi connectivity index (χ1n) is 8.11. The van der Waals surface area contributed by atoms with Gasteiger partial charge in [0.2, 0.25) is 0 Å². The van der Waals surface area contributed by atoms with Crippen molar-refractivity contribution < 1.29 is 4.79 Å². The van der Waals surface area contributed by atoms with Gasteiger partial charge in [-0.25, -0.2) is 0 Å². The molecule has 1 saturated heterocycles. The molecule has 0 saturated carbocycles. The zero-order chi connectivity index (χ0) is 16.5. The van der Waals surface area contributed by atoms with Crippen molar-refractivity contribution in [1.29, 1.82) is 0 Å². The summed E-state index contributed by atoms with van der Waals surface area (Å²) in [7, 11) is 0. The van der Waals surface area contributed by atoms with E-state index in [0.717, 1.165) is 47.4 Å². The van der Waals surface area contributed by atoms with Crippen molar-refractivity contribution in [3.63, 3.8) is 0 Å². The molecule has 1 aliphatic heterocycles. The van der Waals surface area contributed by atoms with Crippen LogP contribution in [0, 0.1) is 0 Å². The van der Waals surface area contributed by atoms with E-state index in [0.29, 0.717) is 4.88 Å². The SMILES string of the molecule is NC(=O)c1cc2cccc(-c3ccc(N4CCNCC4)cc3)c2s1. The summed E-state index contributed by atoms with van der Waals surface area (Å²) in [6, 6.07) is 16.7. The molecule has 1 aliphatic rings. The van der Waals surface area contributed by atoms with E-state index in [4.69, 9.17) is 5.73 Å². The average molecular weight is 337 g/mol. The maximum atomic E-state index is 11.5. The zero-order valence-electron chi connectivity index (χ0n) is 13.3. The third-order valence-electron chi connectivity index (χ3n) is 4.45. The number of anilines is 1. The highest BCUT2D eigenvalue weighted by molar-refractivity contribution is 7.21. The number of rotatable bonds is 3. The molecule has 24 heavy (non-hydrogen) atoms. The van der Waals surface area contributed by atoms with Crippen molar-refractivity contribution in [3.8, 4) is 11.1 Å². The highest BCUT2D eigenvalue weighted by atomic mass is 32.1. The van der Waals surface area contributed by atoms with Crippen LogP contribution in [0.4, 0.5) is 5.69 Å². The second-order valence-corrected chi connectivity index (χ2v) is 7.03. The number of carbonyl (C=O) groups is 1. The predicted molar refractivity (Wildman–Crippen MR) is 101 cm³/mol. The van der Waals surface area contributed by atoms with Gasteiger partial charge in [0.25, 0.3) is 5.91 Å². The third-order valence-corrected chi connectivity index (χ3v) is 5.65. The Balaban J connectivity index is 1.70. The van der Waals surface area contributed by atoms with Gasteiger partial charge in [0.1, 0.15) is 0 Å². The molecule has 0 aliphatic carbocycles. The maximum absolute atomic E-state index is 11.5. The molecule has 0 bridgehead atoms. The van der Waals surface area contributed by atoms with Crippen LogP contribution in [0.2, 0.25) is 0 Å². The van der Waals surface area contributed by atoms with E-state index < -0.39 is 0 Å². The minimum absolute atomic E-state index is 0.365. The van der Waals surface area contributed by atoms with Crippen LogP contribution in [0.5, 0.6) is 0 Å². The van der Waals surface area contributed by atoms with Crippen LogP contribution in [0.3, 0.4) is 0 Å². The molecule has 0 spiro atoms. The number of piperazine rings is 1. The molecule has 0 radical (unpaired) electrons. The molecule has 4 rings (SSSR count). The molecule has 122 valence electrons. The van der Waals surface area contributed by atoms with Gasteiger partial charge < -0.3 is 16.0 Å². The monoisotopic (exact) mass is 337 g/mol. The predicted octanol–water partition coefficient (Wildman–Crippen LogP) is 3.08. The summed E-state index contributed by atoms with van der Waals surface area (Å²) >= 11 is 1.47. The Morgan fingerprint density at radius 2 is 1.83 bits per heavy atom. The lowest BCUT2D eigenvalue weighted by molar-refractivity contribution is 0.100. The quantitative estimate of drug-likeness (QED) is 0.772. The van der Waals surface area contributed by atoms with Crippen LogP contribution in [-0.4, -0.2) is 32.1 Å². The van der Waals surface area contributed by atoms with E-state index in [1.165, 1.54) is 17.0 Å². The Morgan fingerprint density at radius 1 is 1.08 bits per heavy atom. The summed E-state index contributed by atoms with van der Waals surface area (Å²) in [5, 5.41) is 4.44. The number of benzene rings is 2. The smallest absolute Gasteiger partial charge is 0.258 e. The molecule has 2 aromatic carbocycles. The highest BCUT2D eigenvalue weighted by Crippen LogP contribution is 2.35. The highest BCUT2D eigenvalue weighted by Gasteiger charge is 2.13. The summed E-state index contributed by atoms with van der Waals surface area (Å²) in [5.74, 6) is -0.365. The third kappa shape index (κ3) is 2.77. The van der Waals surface area contributed by atoms with Gasteiger partial charge in [-0.2, -0.15) is 0 Å². The van der Waals surface area contributed by atoms with Gasteiger partial charge in [0.05, 0.1) is 4.88 Å². The minimum Gasteiger partial charge on any atom is -0.369 e. The second-order valence-electron chi connectivity index (χ2n) is 5.98. The summed E-state index contributed by atoms with van der Waals surface area (Å²) < 4.78 is 1.11. The molecule has 4 nitrogen and oxygen atoms in total. The van der Waals surface area contributed by atoms with E-state index in [2.05, 4.69) is 40.5 Å². The first-order valence-corrected chi connectivity index (χ1v) is 8.92. The number of fused-ring (bicyclic) bond motifs is 1. The molecule has 1 amide bonds. The number of carbonyl (C=O) groups excluding carboxylic acids is 1. The summed E-state index contributed by atoms with van der Waals surface area (Å²) in [4.78, 5) is 14.5. The summed E-state index contributed by atoms with van der Waals surface area (Å²) in [5.41, 5.74) is 9.00. The molecule has 0 unspecified atom stereocenters. The first kappa shape index (κ1) is 15.2. The zero-order valence-corrected chi connectivity index (χ0v) is 14.1. The van der Waals surface area contributed by atoms with E-state index in [9.17, 15) is 4.79 Å². The molecule has 3 N–H and O–H groups in total. The van der Waals surface area contributed by atoms with Crippen LogP contribution in [0.15, 0.2) is 48.5 Å². The summed E-state index contributed by atoms with van der Waals surface area (Å²) in [6.45, 7) is 4.15. The van der Waals surface area contributed by atoms with E-state index in [-0.39, 0.29) is 5.91 Å². The fourth-order valence-electron chi connectivity index (χ4n) is 3.19. The lowest BCUT2D eigenvalue weighted by Gasteiger charge is -2.29. The Morgan fingerprint density at radius 3 is 2.54 bits per heavy atom. The van der Waals surface area contributed by atoms with E-state index in [1.807, 2.05) is 18.2 Å². The Hall–Kier alpha value is -2.37. The number of hydrogen-bond donors (Lipinski definition) is 2. The Kier molecular flexibility index (Phi) is 3.96. The maximum Gasteiger partial charge on any atom is 0.258 e. The van der Waals surface area contributed by atoms with Crippen molar-refractivity contribution in [1.82, 2.24) is 5.32 Å². The van der Waals surface area contributed by atoms with Crippen molar-refractivity contribution in [2.75, 3.05) is 31.1 Å². The van der Waals surface area contributed by atoms with Crippen LogP contribution < -0.4 is 16.0 Å². The number of hydrogen-bond acceptors (Lipinski definition) is 4. The van der Waals surface area contributed by atoms with Gasteiger partial charge in [-0.05, 0) is 34.7 Å². The molecule has 5 heteroatoms. The topological polar surface area (TPSA) is 58.4 Å². The van der Waals surface area contributed by atoms with Crippen molar-refractivity contribution >= 4 is 33.0 Å². The molecule has 3 aromatic rings. The average Bonchev–Trinajstić information content (AvgIpc) is 3.07. The van der Waals surface area contributed by atoms with Gasteiger partial charge in [0, 0.05) is 36.6 Å². The lowest BCUT2D eigenvalue weighted by atomic mass is 10.0. The number of thiophene rings is 1. The molecular weight excluding hydrogens is 318 g/mol. The Labute approximate surface area is 144 Å². The van der Waals surface area contributed by atoms with Gasteiger partial charge in [0.15, 0.2) is 0 Å². The van der Waals surface area contributed by atoms with Crippen molar-refractivity contribution in [2.45, 2.75) is 0 Å². The first-order chi connectivity index (χ1) is 11.7. The minimum atomic E-state index is -0.365. The van der Waals surface area contributed by atoms with E-state index >= 15 is 0 Å². The van der Waals surface area contributed by atoms with Gasteiger partial charge in [-0.1, -0.05) is 30.3 Å². The van der Waals surface area contributed by atoms with Crippen LogP contribution in [0.25, 0.3) is 21.2 Å². The Bertz CT molecular complexity index is 879. The van der Waals surface area contributed by atoms with Crippen molar-refractivity contribution in [3.05, 3.63) is 53.4 Å². The fraction of sp³-hybridized carbons (Fsp3) is 0.211. The van der Waals surface area contributed by atoms with Gasteiger partial charge in [-0.3, -0.25) is 4.79 Å². The standard InChI is InChI=1S/C19H19N3OS/c20-19(23)17-12-14-2-1-3-16(18(14)24-17)13-4-6-15(7-5-13)22-10-8-21-9-11-22/h1-7,12,21H,8-11H2,(H2,20,23). The number of amides is 1. The number of nitrogens with two attached hydrogens (primary N) is 1. The number of nitrogens with zero attached hydrogens (tertiary/aromatic N) is 1. The molecule has 2 heterocycles. The van der Waals surface area contributed by atoms with Crippen LogP contribution in [-0.2, 0) is 0 Å². The second kappa shape index (κ2) is 6.26. The fourth-order valence-corrected chi connectivity index (χ4v) is 4.23. The largest absolute Gasteiger partial charge is 0.369 e. The lowest BCUT2D eigenvalue weighted by Crippen LogP contribution is -2.43. The van der Waals surface area contributed by atoms with Crippen LogP contribution >= 0.6 is 11.3 Å². The molecular formula is C19H19N3OS. The number of nitrogens with one attached hydrogen (secondary N) is 1. The summed E-state index contributed by atoms with van der Waals surface area (Å²) in [6.07, 6.45) is 0.